The van der Waals surface area contributed by atoms with Gasteiger partial charge in [-0.3, -0.25) is 4.52 Å². The number of hydrogen-bond acceptors (Lipinski definition) is 2. The molecule has 0 heterocycles. The van der Waals surface area contributed by atoms with Crippen LogP contribution in [-0.4, -0.2) is 6.61 Å². The topological polar surface area (TPSA) is 26.3 Å². The third kappa shape index (κ3) is 2.89. The molecule has 2 aliphatic carbocycles. The van der Waals surface area contributed by atoms with Gasteiger partial charge in [-0.1, -0.05) is 52.3 Å². The molecule has 0 N–H and O–H groups in total. The Bertz CT molecular complexity index is 597. The lowest BCUT2D eigenvalue weighted by Gasteiger charge is -2.55. The van der Waals surface area contributed by atoms with E-state index in [0.717, 1.165) is 0 Å². The van der Waals surface area contributed by atoms with E-state index in [0.29, 0.717) is 18.4 Å². The van der Waals surface area contributed by atoms with Gasteiger partial charge < -0.3 is 0 Å². The predicted molar refractivity (Wildman–Crippen MR) is 95.2 cm³/mol. The third-order valence-corrected chi connectivity index (χ3v) is 6.85. The Morgan fingerprint density at radius 3 is 2.78 bits per heavy atom. The maximum Gasteiger partial charge on any atom is 0.327 e. The van der Waals surface area contributed by atoms with Crippen molar-refractivity contribution in [3.05, 3.63) is 34.9 Å². The summed E-state index contributed by atoms with van der Waals surface area (Å²) in [7, 11) is -0.182. The van der Waals surface area contributed by atoms with Gasteiger partial charge in [0.2, 0.25) is 0 Å². The van der Waals surface area contributed by atoms with E-state index in [1.165, 1.54) is 37.7 Å². The minimum atomic E-state index is -0.182. The number of fused-ring (bicyclic) bond motifs is 3. The normalized spacial score (nSPS) is 33.5. The largest absolute Gasteiger partial charge is 0.327 e. The molecule has 1 aromatic rings. The molecule has 0 aromatic heterocycles. The molecule has 0 radical (unpaired) electrons. The van der Waals surface area contributed by atoms with Crippen molar-refractivity contribution in [1.29, 1.82) is 0 Å². The molecule has 23 heavy (non-hydrogen) atoms. The number of rotatable bonds is 4. The fraction of sp³-hybridized carbons (Fsp3) is 0.700. The lowest BCUT2D eigenvalue weighted by Crippen LogP contribution is -2.50. The van der Waals surface area contributed by atoms with Crippen LogP contribution in [0, 0.1) is 11.3 Å². The van der Waals surface area contributed by atoms with Crippen LogP contribution < -0.4 is 0 Å². The van der Waals surface area contributed by atoms with Gasteiger partial charge in [-0.15, -0.1) is 0 Å². The van der Waals surface area contributed by atoms with E-state index in [4.69, 9.17) is 4.52 Å². The Kier molecular flexibility index (Phi) is 4.69. The number of aryl methyl sites for hydroxylation is 1. The van der Waals surface area contributed by atoms with Crippen LogP contribution in [0.1, 0.15) is 76.0 Å². The monoisotopic (exact) mass is 332 g/mol. The predicted octanol–water partition coefficient (Wildman–Crippen LogP) is 6.04. The Morgan fingerprint density at radius 1 is 1.30 bits per heavy atom. The molecule has 126 valence electrons. The van der Waals surface area contributed by atoms with Gasteiger partial charge in [-0.25, -0.2) is 4.57 Å². The highest BCUT2D eigenvalue weighted by Crippen LogP contribution is 2.57. The highest BCUT2D eigenvalue weighted by atomic mass is 31.1. The first-order valence-electron chi connectivity index (χ1n) is 8.99. The van der Waals surface area contributed by atoms with Crippen LogP contribution in [0.15, 0.2) is 18.2 Å². The molecule has 3 rings (SSSR count). The van der Waals surface area contributed by atoms with E-state index in [1.54, 1.807) is 11.1 Å². The van der Waals surface area contributed by atoms with Crippen molar-refractivity contribution < 1.29 is 9.09 Å². The van der Waals surface area contributed by atoms with Crippen molar-refractivity contribution in [2.75, 3.05) is 6.61 Å². The van der Waals surface area contributed by atoms with Crippen LogP contribution in [0.4, 0.5) is 0 Å². The summed E-state index contributed by atoms with van der Waals surface area (Å²) in [5.74, 6) is 1.20. The second kappa shape index (κ2) is 6.30. The maximum absolute atomic E-state index is 10.8. The fourth-order valence-electron chi connectivity index (χ4n) is 5.35. The molecule has 1 aromatic carbocycles. The van der Waals surface area contributed by atoms with Crippen LogP contribution in [0.5, 0.6) is 0 Å². The SMILES string of the molecule is CC(C)c1ccc2c(c1)CC[C@H]1[C@](C)(COP=O)CCC[C@]21C. The molecule has 0 aliphatic heterocycles. The highest BCUT2D eigenvalue weighted by Gasteiger charge is 2.51. The van der Waals surface area contributed by atoms with Crippen molar-refractivity contribution >= 4 is 8.69 Å². The summed E-state index contributed by atoms with van der Waals surface area (Å²) in [6.07, 6.45) is 6.06. The molecular weight excluding hydrogens is 303 g/mol. The second-order valence-corrected chi connectivity index (χ2v) is 8.84. The first-order valence-corrected chi connectivity index (χ1v) is 9.72. The van der Waals surface area contributed by atoms with Crippen LogP contribution >= 0.6 is 8.69 Å². The van der Waals surface area contributed by atoms with Crippen molar-refractivity contribution in [3.8, 4) is 0 Å². The summed E-state index contributed by atoms with van der Waals surface area (Å²) >= 11 is 0. The lowest BCUT2D eigenvalue weighted by molar-refractivity contribution is -0.00690. The quantitative estimate of drug-likeness (QED) is 0.628. The van der Waals surface area contributed by atoms with Gasteiger partial charge >= 0.3 is 8.69 Å². The van der Waals surface area contributed by atoms with Gasteiger partial charge in [0.05, 0.1) is 6.61 Å². The molecule has 0 amide bonds. The van der Waals surface area contributed by atoms with Crippen LogP contribution in [0.25, 0.3) is 0 Å². The van der Waals surface area contributed by atoms with Gasteiger partial charge in [0.1, 0.15) is 0 Å². The van der Waals surface area contributed by atoms with E-state index in [1.807, 2.05) is 0 Å². The average molecular weight is 332 g/mol. The van der Waals surface area contributed by atoms with Crippen molar-refractivity contribution in [3.63, 3.8) is 0 Å². The molecule has 3 heteroatoms. The Balaban J connectivity index is 1.98. The van der Waals surface area contributed by atoms with E-state index < -0.39 is 0 Å². The van der Waals surface area contributed by atoms with Gasteiger partial charge in [0, 0.05) is 0 Å². The summed E-state index contributed by atoms with van der Waals surface area (Å²) in [6, 6.07) is 7.17. The van der Waals surface area contributed by atoms with Crippen molar-refractivity contribution in [1.82, 2.24) is 0 Å². The van der Waals surface area contributed by atoms with Crippen LogP contribution in [0.2, 0.25) is 0 Å². The van der Waals surface area contributed by atoms with Gasteiger partial charge in [0.25, 0.3) is 0 Å². The molecule has 0 unspecified atom stereocenters. The van der Waals surface area contributed by atoms with Gasteiger partial charge in [-0.05, 0) is 65.0 Å². The maximum atomic E-state index is 10.8. The van der Waals surface area contributed by atoms with E-state index in [2.05, 4.69) is 45.9 Å². The molecule has 0 saturated heterocycles. The minimum Gasteiger partial charge on any atom is -0.294 e. The molecule has 2 aliphatic rings. The highest BCUT2D eigenvalue weighted by molar-refractivity contribution is 7.17. The summed E-state index contributed by atoms with van der Waals surface area (Å²) in [5.41, 5.74) is 4.95. The third-order valence-electron chi connectivity index (χ3n) is 6.61. The van der Waals surface area contributed by atoms with Gasteiger partial charge in [0.15, 0.2) is 0 Å². The Morgan fingerprint density at radius 2 is 2.09 bits per heavy atom. The standard InChI is InChI=1S/C20H29O2P/c1-14(2)15-6-8-17-16(12-15)7-9-18-19(3,13-22-23-21)10-5-11-20(17,18)4/h6,8,12,14,18H,5,7,9-11,13H2,1-4H3/t18-,19-,20+/m0/s1. The van der Waals surface area contributed by atoms with Crippen molar-refractivity contribution in [2.24, 2.45) is 11.3 Å². The molecule has 0 bridgehead atoms. The first kappa shape index (κ1) is 17.1. The zero-order chi connectivity index (χ0) is 16.7. The molecule has 2 nitrogen and oxygen atoms in total. The molecule has 3 atom stereocenters. The van der Waals surface area contributed by atoms with Gasteiger partial charge in [-0.2, -0.15) is 0 Å². The zero-order valence-electron chi connectivity index (χ0n) is 14.9. The molecule has 1 fully saturated rings. The minimum absolute atomic E-state index is 0.138. The Hall–Kier alpha value is -0.720. The van der Waals surface area contributed by atoms with E-state index in [9.17, 15) is 4.57 Å². The summed E-state index contributed by atoms with van der Waals surface area (Å²) < 4.78 is 16.1. The lowest BCUT2D eigenvalue weighted by atomic mass is 9.50. The number of hydrogen-bond donors (Lipinski definition) is 0. The first-order chi connectivity index (χ1) is 10.9. The van der Waals surface area contributed by atoms with Crippen molar-refractivity contribution in [2.45, 2.75) is 71.1 Å². The summed E-state index contributed by atoms with van der Waals surface area (Å²) in [4.78, 5) is 0. The Labute approximate surface area is 142 Å². The molecule has 1 saturated carbocycles. The van der Waals surface area contributed by atoms with E-state index in [-0.39, 0.29) is 19.5 Å². The van der Waals surface area contributed by atoms with E-state index >= 15 is 0 Å². The van der Waals surface area contributed by atoms with Crippen LogP contribution in [0.3, 0.4) is 0 Å². The number of benzene rings is 1. The fourth-order valence-corrected chi connectivity index (χ4v) is 5.70. The summed E-state index contributed by atoms with van der Waals surface area (Å²) in [5, 5.41) is 0. The average Bonchev–Trinajstić information content (AvgIpc) is 2.52. The van der Waals surface area contributed by atoms with Crippen LogP contribution in [-0.2, 0) is 20.9 Å². The summed E-state index contributed by atoms with van der Waals surface area (Å²) in [6.45, 7) is 9.95. The smallest absolute Gasteiger partial charge is 0.294 e. The second-order valence-electron chi connectivity index (χ2n) is 8.44. The zero-order valence-corrected chi connectivity index (χ0v) is 15.8. The molecule has 0 spiro atoms. The molecular formula is C20H29O2P.